The maximum atomic E-state index is 5.33. The lowest BCUT2D eigenvalue weighted by atomic mass is 10.1. The Morgan fingerprint density at radius 1 is 1.17 bits per heavy atom. The molecule has 2 heterocycles. The van der Waals surface area contributed by atoms with E-state index in [0.717, 1.165) is 22.7 Å². The van der Waals surface area contributed by atoms with Crippen LogP contribution in [0.5, 0.6) is 0 Å². The number of aromatic nitrogens is 1. The Kier molecular flexibility index (Phi) is 2.73. The number of furan rings is 1. The number of aryl methyl sites for hydroxylation is 1. The molecule has 0 bridgehead atoms. The van der Waals surface area contributed by atoms with E-state index in [1.807, 2.05) is 24.3 Å². The van der Waals surface area contributed by atoms with Gasteiger partial charge in [-0.05, 0) is 18.2 Å². The smallest absolute Gasteiger partial charge is 0.213 e. The average Bonchev–Trinajstić information content (AvgIpc) is 2.89. The molecular weight excluding hydrogens is 224 g/mol. The van der Waals surface area contributed by atoms with Gasteiger partial charge in [-0.1, -0.05) is 12.1 Å². The fraction of sp³-hybridized carbons (Fsp3) is 0.133. The monoisotopic (exact) mass is 239 g/mol. The van der Waals surface area contributed by atoms with Gasteiger partial charge in [-0.3, -0.25) is 0 Å². The number of nitrogens with one attached hydrogen (secondary N) is 2. The molecule has 0 amide bonds. The van der Waals surface area contributed by atoms with Gasteiger partial charge in [-0.25, -0.2) is 4.98 Å². The van der Waals surface area contributed by atoms with Crippen LogP contribution in [-0.2, 0) is 6.54 Å². The lowest BCUT2D eigenvalue weighted by Gasteiger charge is -2.06. The largest absolute Gasteiger partial charge is 0.467 e. The summed E-state index contributed by atoms with van der Waals surface area (Å²) in [4.78, 5) is 3.36. The van der Waals surface area contributed by atoms with Crippen molar-refractivity contribution in [2.24, 2.45) is 0 Å². The summed E-state index contributed by atoms with van der Waals surface area (Å²) in [5.41, 5.74) is 3.40. The van der Waals surface area contributed by atoms with Gasteiger partial charge < -0.3 is 9.73 Å². The molecule has 0 aliphatic rings. The second-order valence-electron chi connectivity index (χ2n) is 4.34. The number of benzene rings is 1. The summed E-state index contributed by atoms with van der Waals surface area (Å²) in [7, 11) is 0. The number of rotatable bonds is 3. The fourth-order valence-corrected chi connectivity index (χ4v) is 2.11. The molecule has 2 aromatic heterocycles. The van der Waals surface area contributed by atoms with Gasteiger partial charge in [0.25, 0.3) is 0 Å². The number of hydrogen-bond donors (Lipinski definition) is 1. The van der Waals surface area contributed by atoms with Gasteiger partial charge in [0, 0.05) is 19.1 Å². The molecule has 0 saturated heterocycles. The molecule has 0 radical (unpaired) electrons. The minimum absolute atomic E-state index is 0.695. The predicted octanol–water partition coefficient (Wildman–Crippen LogP) is 3.17. The van der Waals surface area contributed by atoms with E-state index in [4.69, 9.17) is 4.42 Å². The summed E-state index contributed by atoms with van der Waals surface area (Å²) >= 11 is 0. The van der Waals surface area contributed by atoms with Crippen LogP contribution in [0.1, 0.15) is 11.5 Å². The first-order chi connectivity index (χ1) is 8.83. The highest BCUT2D eigenvalue weighted by Crippen LogP contribution is 2.21. The van der Waals surface area contributed by atoms with Crippen molar-refractivity contribution in [2.45, 2.75) is 13.5 Å². The number of hydrogen-bond acceptors (Lipinski definition) is 2. The molecule has 90 valence electrons. The van der Waals surface area contributed by atoms with E-state index in [1.54, 1.807) is 6.26 Å². The molecule has 3 heteroatoms. The molecule has 0 atom stereocenters. The minimum atomic E-state index is 0.695. The summed E-state index contributed by atoms with van der Waals surface area (Å²) in [6.07, 6.45) is 1.69. The van der Waals surface area contributed by atoms with E-state index in [0.29, 0.717) is 6.54 Å². The number of fused-ring (bicyclic) bond motifs is 1. The van der Waals surface area contributed by atoms with Crippen LogP contribution in [0.3, 0.4) is 0 Å². The van der Waals surface area contributed by atoms with Crippen molar-refractivity contribution in [1.29, 1.82) is 0 Å². The highest BCUT2D eigenvalue weighted by atomic mass is 16.3. The van der Waals surface area contributed by atoms with Crippen molar-refractivity contribution in [3.05, 3.63) is 60.2 Å². The maximum Gasteiger partial charge on any atom is 0.213 e. The third-order valence-corrected chi connectivity index (χ3v) is 2.94. The van der Waals surface area contributed by atoms with Gasteiger partial charge in [-0.2, -0.15) is 0 Å². The lowest BCUT2D eigenvalue weighted by Crippen LogP contribution is -2.10. The quantitative estimate of drug-likeness (QED) is 0.762. The highest BCUT2D eigenvalue weighted by Gasteiger charge is 2.08. The minimum Gasteiger partial charge on any atom is -0.467 e. The molecule has 0 saturated carbocycles. The summed E-state index contributed by atoms with van der Waals surface area (Å²) in [5, 5.41) is 4.61. The Balaban J connectivity index is 1.95. The molecule has 3 aromatic rings. The molecule has 3 nitrogen and oxygen atoms in total. The Morgan fingerprint density at radius 3 is 2.89 bits per heavy atom. The van der Waals surface area contributed by atoms with Gasteiger partial charge in [0.1, 0.15) is 5.76 Å². The van der Waals surface area contributed by atoms with Gasteiger partial charge in [0.05, 0.1) is 23.9 Å². The summed E-state index contributed by atoms with van der Waals surface area (Å²) in [6, 6.07) is 14.3. The Bertz CT molecular complexity index is 659. The van der Waals surface area contributed by atoms with Crippen molar-refractivity contribution >= 4 is 16.6 Å². The molecule has 0 aliphatic heterocycles. The molecule has 3 rings (SSSR count). The first-order valence-electron chi connectivity index (χ1n) is 6.01. The second-order valence-corrected chi connectivity index (χ2v) is 4.34. The van der Waals surface area contributed by atoms with E-state index in [9.17, 15) is 0 Å². The van der Waals surface area contributed by atoms with Crippen LogP contribution in [0.4, 0.5) is 5.69 Å². The molecule has 0 fully saturated rings. The molecular formula is C15H15N2O+. The summed E-state index contributed by atoms with van der Waals surface area (Å²) in [5.74, 6) is 0.935. The standard InChI is InChI=1S/C15H14N2O/c1-11-9-15(16-10-12-5-4-8-18-12)13-6-2-3-7-14(13)17-11/h2-9H,10H2,1H3,(H,16,17)/p+1. The third kappa shape index (κ3) is 2.07. The second kappa shape index (κ2) is 4.53. The number of H-pyrrole nitrogens is 1. The van der Waals surface area contributed by atoms with Gasteiger partial charge in [0.2, 0.25) is 5.52 Å². The van der Waals surface area contributed by atoms with Crippen molar-refractivity contribution < 1.29 is 9.40 Å². The Labute approximate surface area is 105 Å². The normalized spacial score (nSPS) is 10.7. The SMILES string of the molecule is Cc1cc(NCc2ccco2)c2ccccc2[nH+]1. The molecule has 18 heavy (non-hydrogen) atoms. The zero-order valence-electron chi connectivity index (χ0n) is 10.2. The molecule has 1 aromatic carbocycles. The van der Waals surface area contributed by atoms with E-state index in [-0.39, 0.29) is 0 Å². The van der Waals surface area contributed by atoms with E-state index in [2.05, 4.69) is 35.4 Å². The van der Waals surface area contributed by atoms with Crippen LogP contribution >= 0.6 is 0 Å². The number of pyridine rings is 1. The summed E-state index contributed by atoms with van der Waals surface area (Å²) < 4.78 is 5.33. The molecule has 0 spiro atoms. The Morgan fingerprint density at radius 2 is 2.06 bits per heavy atom. The predicted molar refractivity (Wildman–Crippen MR) is 71.3 cm³/mol. The number of para-hydroxylation sites is 1. The van der Waals surface area contributed by atoms with Crippen molar-refractivity contribution in [3.63, 3.8) is 0 Å². The molecule has 0 aliphatic carbocycles. The fourth-order valence-electron chi connectivity index (χ4n) is 2.11. The van der Waals surface area contributed by atoms with E-state index >= 15 is 0 Å². The average molecular weight is 239 g/mol. The Hall–Kier alpha value is -2.29. The third-order valence-electron chi connectivity index (χ3n) is 2.94. The van der Waals surface area contributed by atoms with Crippen molar-refractivity contribution in [3.8, 4) is 0 Å². The van der Waals surface area contributed by atoms with Crippen LogP contribution in [0, 0.1) is 6.92 Å². The maximum absolute atomic E-state index is 5.33. The summed E-state index contributed by atoms with van der Waals surface area (Å²) in [6.45, 7) is 2.75. The zero-order valence-corrected chi connectivity index (χ0v) is 10.2. The van der Waals surface area contributed by atoms with Crippen LogP contribution in [0.15, 0.2) is 53.1 Å². The van der Waals surface area contributed by atoms with Gasteiger partial charge in [-0.15, -0.1) is 0 Å². The van der Waals surface area contributed by atoms with Crippen LogP contribution < -0.4 is 10.3 Å². The van der Waals surface area contributed by atoms with Crippen molar-refractivity contribution in [2.75, 3.05) is 5.32 Å². The van der Waals surface area contributed by atoms with Crippen LogP contribution in [0.2, 0.25) is 0 Å². The molecule has 0 unspecified atom stereocenters. The number of anilines is 1. The zero-order chi connectivity index (χ0) is 12.4. The molecule has 2 N–H and O–H groups in total. The van der Waals surface area contributed by atoms with Crippen LogP contribution in [0.25, 0.3) is 10.9 Å². The lowest BCUT2D eigenvalue weighted by molar-refractivity contribution is -0.354. The van der Waals surface area contributed by atoms with Crippen molar-refractivity contribution in [1.82, 2.24) is 0 Å². The first kappa shape index (κ1) is 10.8. The van der Waals surface area contributed by atoms with Gasteiger partial charge in [0.15, 0.2) is 5.69 Å². The van der Waals surface area contributed by atoms with Crippen LogP contribution in [-0.4, -0.2) is 0 Å². The first-order valence-corrected chi connectivity index (χ1v) is 6.01. The van der Waals surface area contributed by atoms with E-state index < -0.39 is 0 Å². The van der Waals surface area contributed by atoms with E-state index in [1.165, 1.54) is 5.39 Å². The highest BCUT2D eigenvalue weighted by molar-refractivity contribution is 5.88. The number of aromatic amines is 1. The van der Waals surface area contributed by atoms with Gasteiger partial charge >= 0.3 is 0 Å². The topological polar surface area (TPSA) is 39.3 Å².